The van der Waals surface area contributed by atoms with E-state index in [0.29, 0.717) is 6.42 Å². The maximum absolute atomic E-state index is 12.2. The number of ether oxygens (including phenoxy) is 1. The molecular weight excluding hydrogens is 328 g/mol. The van der Waals surface area contributed by atoms with Gasteiger partial charge in [-0.25, -0.2) is 4.79 Å². The smallest absolute Gasteiger partial charge is 0.407 e. The maximum Gasteiger partial charge on any atom is 0.407 e. The van der Waals surface area contributed by atoms with Crippen LogP contribution < -0.4 is 11.1 Å². The van der Waals surface area contributed by atoms with E-state index in [1.165, 1.54) is 11.1 Å². The Morgan fingerprint density at radius 1 is 1.04 bits per heavy atom. The van der Waals surface area contributed by atoms with Crippen LogP contribution in [0.15, 0.2) is 48.5 Å². The van der Waals surface area contributed by atoms with Gasteiger partial charge in [-0.1, -0.05) is 62.4 Å². The third-order valence-corrected chi connectivity index (χ3v) is 4.69. The summed E-state index contributed by atoms with van der Waals surface area (Å²) in [6.45, 7) is 4.15. The molecule has 26 heavy (non-hydrogen) atoms. The highest BCUT2D eigenvalue weighted by molar-refractivity contribution is 5.84. The van der Waals surface area contributed by atoms with Gasteiger partial charge in [-0.3, -0.25) is 4.79 Å². The van der Waals surface area contributed by atoms with Crippen molar-refractivity contribution in [3.63, 3.8) is 0 Å². The van der Waals surface area contributed by atoms with Crippen molar-refractivity contribution in [1.29, 1.82) is 0 Å². The molecule has 2 aromatic carbocycles. The van der Waals surface area contributed by atoms with Gasteiger partial charge in [0, 0.05) is 5.92 Å². The van der Waals surface area contributed by atoms with Gasteiger partial charge in [0.2, 0.25) is 5.91 Å². The SMILES string of the molecule is CC(C)C[C@@H](NC(=O)OCC1c2ccccc2-c2ccccc21)C(N)=O. The quantitative estimate of drug-likeness (QED) is 0.836. The Morgan fingerprint density at radius 3 is 2.08 bits per heavy atom. The first-order valence-electron chi connectivity index (χ1n) is 8.88. The van der Waals surface area contributed by atoms with Crippen LogP contribution in [0.1, 0.15) is 37.3 Å². The van der Waals surface area contributed by atoms with E-state index >= 15 is 0 Å². The van der Waals surface area contributed by atoms with Crippen LogP contribution in [-0.2, 0) is 9.53 Å². The lowest BCUT2D eigenvalue weighted by molar-refractivity contribution is -0.120. The number of fused-ring (bicyclic) bond motifs is 3. The molecule has 0 unspecified atom stereocenters. The van der Waals surface area contributed by atoms with Crippen molar-refractivity contribution < 1.29 is 14.3 Å². The number of carbonyl (C=O) groups is 2. The number of hydrogen-bond acceptors (Lipinski definition) is 3. The molecule has 1 aliphatic rings. The van der Waals surface area contributed by atoms with Crippen LogP contribution in [0.5, 0.6) is 0 Å². The molecule has 0 heterocycles. The molecular formula is C21H24N2O3. The zero-order valence-corrected chi connectivity index (χ0v) is 15.1. The molecule has 3 N–H and O–H groups in total. The molecule has 2 aromatic rings. The first kappa shape index (κ1) is 18.0. The molecule has 3 rings (SSSR count). The molecule has 0 aliphatic heterocycles. The van der Waals surface area contributed by atoms with Crippen LogP contribution in [0.3, 0.4) is 0 Å². The number of amides is 2. The molecule has 0 radical (unpaired) electrons. The molecule has 0 fully saturated rings. The predicted octanol–water partition coefficient (Wildman–Crippen LogP) is 3.43. The number of benzene rings is 2. The van der Waals surface area contributed by atoms with E-state index in [9.17, 15) is 9.59 Å². The summed E-state index contributed by atoms with van der Waals surface area (Å²) >= 11 is 0. The second-order valence-corrected chi connectivity index (χ2v) is 7.05. The Hall–Kier alpha value is -2.82. The molecule has 2 amide bonds. The molecule has 1 aliphatic carbocycles. The van der Waals surface area contributed by atoms with Crippen molar-refractivity contribution >= 4 is 12.0 Å². The summed E-state index contributed by atoms with van der Waals surface area (Å²) in [6, 6.07) is 15.6. The predicted molar refractivity (Wildman–Crippen MR) is 101 cm³/mol. The normalized spacial score (nSPS) is 13.8. The molecule has 5 nitrogen and oxygen atoms in total. The molecule has 0 saturated heterocycles. The number of nitrogens with one attached hydrogen (secondary N) is 1. The standard InChI is InChI=1S/C21H24N2O3/c1-13(2)11-19(20(22)24)23-21(25)26-12-18-16-9-5-3-7-14(16)15-8-4-6-10-17(15)18/h3-10,13,18-19H,11-12H2,1-2H3,(H2,22,24)(H,23,25)/t19-/m1/s1. The van der Waals surface area contributed by atoms with E-state index in [1.807, 2.05) is 38.1 Å². The Labute approximate surface area is 153 Å². The van der Waals surface area contributed by atoms with Crippen molar-refractivity contribution in [3.8, 4) is 11.1 Å². The Bertz CT molecular complexity index is 771. The first-order valence-corrected chi connectivity index (χ1v) is 8.88. The number of rotatable bonds is 6. The van der Waals surface area contributed by atoms with Gasteiger partial charge >= 0.3 is 6.09 Å². The number of alkyl carbamates (subject to hydrolysis) is 1. The lowest BCUT2D eigenvalue weighted by Gasteiger charge is -2.19. The molecule has 136 valence electrons. The third-order valence-electron chi connectivity index (χ3n) is 4.69. The summed E-state index contributed by atoms with van der Waals surface area (Å²) in [7, 11) is 0. The largest absolute Gasteiger partial charge is 0.449 e. The van der Waals surface area contributed by atoms with E-state index in [1.54, 1.807) is 0 Å². The minimum Gasteiger partial charge on any atom is -0.449 e. The molecule has 0 saturated carbocycles. The summed E-state index contributed by atoms with van der Waals surface area (Å²) in [5, 5.41) is 2.58. The average Bonchev–Trinajstić information content (AvgIpc) is 2.93. The number of hydrogen-bond donors (Lipinski definition) is 2. The van der Waals surface area contributed by atoms with Gasteiger partial charge in [0.25, 0.3) is 0 Å². The van der Waals surface area contributed by atoms with Gasteiger partial charge in [0.05, 0.1) is 0 Å². The molecule has 0 aromatic heterocycles. The van der Waals surface area contributed by atoms with Gasteiger partial charge in [0.1, 0.15) is 12.6 Å². The summed E-state index contributed by atoms with van der Waals surface area (Å²) in [4.78, 5) is 23.7. The Kier molecular flexibility index (Phi) is 5.26. The topological polar surface area (TPSA) is 81.4 Å². The molecule has 0 bridgehead atoms. The fourth-order valence-corrected chi connectivity index (χ4v) is 3.50. The van der Waals surface area contributed by atoms with Gasteiger partial charge in [-0.15, -0.1) is 0 Å². The minimum atomic E-state index is -0.717. The van der Waals surface area contributed by atoms with Gasteiger partial charge < -0.3 is 15.8 Å². The third kappa shape index (κ3) is 3.72. The lowest BCUT2D eigenvalue weighted by Crippen LogP contribution is -2.45. The van der Waals surface area contributed by atoms with E-state index < -0.39 is 18.0 Å². The van der Waals surface area contributed by atoms with Crippen molar-refractivity contribution in [1.82, 2.24) is 5.32 Å². The van der Waals surface area contributed by atoms with Crippen LogP contribution in [-0.4, -0.2) is 24.6 Å². The molecule has 0 spiro atoms. The van der Waals surface area contributed by atoms with Crippen molar-refractivity contribution in [2.45, 2.75) is 32.2 Å². The minimum absolute atomic E-state index is 0.00900. The van der Waals surface area contributed by atoms with Gasteiger partial charge in [0.15, 0.2) is 0 Å². The van der Waals surface area contributed by atoms with E-state index in [2.05, 4.69) is 29.6 Å². The fraction of sp³-hybridized carbons (Fsp3) is 0.333. The summed E-state index contributed by atoms with van der Waals surface area (Å²) in [5.41, 5.74) is 10.0. The highest BCUT2D eigenvalue weighted by Gasteiger charge is 2.29. The zero-order chi connectivity index (χ0) is 18.7. The number of primary amides is 1. The van der Waals surface area contributed by atoms with Gasteiger partial charge in [-0.05, 0) is 34.6 Å². The van der Waals surface area contributed by atoms with E-state index in [4.69, 9.17) is 10.5 Å². The monoisotopic (exact) mass is 352 g/mol. The highest BCUT2D eigenvalue weighted by atomic mass is 16.5. The summed E-state index contributed by atoms with van der Waals surface area (Å²) < 4.78 is 5.44. The van der Waals surface area contributed by atoms with Crippen LogP contribution in [0.2, 0.25) is 0 Å². The molecule has 5 heteroatoms. The van der Waals surface area contributed by atoms with Crippen molar-refractivity contribution in [2.24, 2.45) is 11.7 Å². The maximum atomic E-state index is 12.2. The van der Waals surface area contributed by atoms with Crippen LogP contribution in [0.4, 0.5) is 4.79 Å². The van der Waals surface area contributed by atoms with Crippen LogP contribution in [0.25, 0.3) is 11.1 Å². The second kappa shape index (κ2) is 7.60. The van der Waals surface area contributed by atoms with Gasteiger partial charge in [-0.2, -0.15) is 0 Å². The zero-order valence-electron chi connectivity index (χ0n) is 15.1. The van der Waals surface area contributed by atoms with Crippen LogP contribution in [0, 0.1) is 5.92 Å². The van der Waals surface area contributed by atoms with E-state index in [-0.39, 0.29) is 18.4 Å². The summed E-state index contributed by atoms with van der Waals surface area (Å²) in [5.74, 6) is -0.320. The average molecular weight is 352 g/mol. The van der Waals surface area contributed by atoms with Crippen molar-refractivity contribution in [3.05, 3.63) is 59.7 Å². The second-order valence-electron chi connectivity index (χ2n) is 7.05. The van der Waals surface area contributed by atoms with E-state index in [0.717, 1.165) is 11.1 Å². The first-order chi connectivity index (χ1) is 12.5. The summed E-state index contributed by atoms with van der Waals surface area (Å²) in [6.07, 6.45) is -0.129. The Morgan fingerprint density at radius 2 is 1.58 bits per heavy atom. The fourth-order valence-electron chi connectivity index (χ4n) is 3.50. The molecule has 1 atom stereocenters. The van der Waals surface area contributed by atoms with Crippen LogP contribution >= 0.6 is 0 Å². The highest BCUT2D eigenvalue weighted by Crippen LogP contribution is 2.44. The number of nitrogens with two attached hydrogens (primary N) is 1. The number of carbonyl (C=O) groups excluding carboxylic acids is 2. The Balaban J connectivity index is 1.70. The van der Waals surface area contributed by atoms with Crippen molar-refractivity contribution in [2.75, 3.05) is 6.61 Å². The lowest BCUT2D eigenvalue weighted by atomic mass is 9.98.